The number of piperidine rings is 1. The van der Waals surface area contributed by atoms with Gasteiger partial charge in [0.15, 0.2) is 5.76 Å². The fourth-order valence-electron chi connectivity index (χ4n) is 3.73. The van der Waals surface area contributed by atoms with E-state index in [9.17, 15) is 4.79 Å². The van der Waals surface area contributed by atoms with Crippen molar-refractivity contribution in [2.75, 3.05) is 26.2 Å². The Balaban J connectivity index is 1.73. The summed E-state index contributed by atoms with van der Waals surface area (Å²) < 4.78 is 5.95. The van der Waals surface area contributed by atoms with Crippen molar-refractivity contribution in [2.24, 2.45) is 0 Å². The number of nitrogens with one attached hydrogen (secondary N) is 1. The summed E-state index contributed by atoms with van der Waals surface area (Å²) in [4.78, 5) is 24.8. The molecule has 0 spiro atoms. The molecule has 26 heavy (non-hydrogen) atoms. The Hall–Kier alpha value is -2.08. The Kier molecular flexibility index (Phi) is 6.14. The molecule has 6 heteroatoms. The number of aromatic nitrogens is 2. The van der Waals surface area contributed by atoms with E-state index in [-0.39, 0.29) is 11.8 Å². The molecular formula is C20H30N4O2. The van der Waals surface area contributed by atoms with Gasteiger partial charge in [0.2, 0.25) is 0 Å². The van der Waals surface area contributed by atoms with Crippen molar-refractivity contribution in [1.29, 1.82) is 0 Å². The molecule has 1 amide bonds. The number of aryl methyl sites for hydroxylation is 1. The molecule has 0 saturated carbocycles. The third-order valence-electron chi connectivity index (χ3n) is 5.33. The van der Waals surface area contributed by atoms with Crippen molar-refractivity contribution in [3.05, 3.63) is 41.4 Å². The average Bonchev–Trinajstić information content (AvgIpc) is 3.35. The highest BCUT2D eigenvalue weighted by molar-refractivity contribution is 5.92. The Morgan fingerprint density at radius 3 is 2.85 bits per heavy atom. The first kappa shape index (κ1) is 18.7. The van der Waals surface area contributed by atoms with Crippen LogP contribution >= 0.6 is 0 Å². The molecule has 0 aromatic carbocycles. The Labute approximate surface area is 155 Å². The molecule has 2 aromatic rings. The molecule has 2 aromatic heterocycles. The molecule has 0 aliphatic carbocycles. The van der Waals surface area contributed by atoms with Crippen LogP contribution in [0.15, 0.2) is 22.9 Å². The number of hydrogen-bond acceptors (Lipinski definition) is 4. The summed E-state index contributed by atoms with van der Waals surface area (Å²) in [5.74, 6) is 2.66. The zero-order valence-electron chi connectivity index (χ0n) is 16.1. The topological polar surface area (TPSA) is 65.4 Å². The van der Waals surface area contributed by atoms with Crippen LogP contribution in [0.4, 0.5) is 0 Å². The molecule has 1 N–H and O–H groups in total. The van der Waals surface area contributed by atoms with Gasteiger partial charge in [-0.05, 0) is 32.0 Å². The van der Waals surface area contributed by atoms with E-state index in [0.717, 1.165) is 62.6 Å². The van der Waals surface area contributed by atoms with Gasteiger partial charge in [-0.25, -0.2) is 4.98 Å². The first-order valence-corrected chi connectivity index (χ1v) is 9.78. The summed E-state index contributed by atoms with van der Waals surface area (Å²) >= 11 is 0. The van der Waals surface area contributed by atoms with Crippen molar-refractivity contribution >= 4 is 5.91 Å². The number of H-pyrrole nitrogens is 1. The molecule has 1 saturated heterocycles. The standard InChI is InChI=1S/C20H30N4O2/c1-4-17-16(13-23(5-2)6-3)12-18(26-17)20(25)24-11-7-8-15(14-24)19-21-9-10-22-19/h9-10,12,15H,4-8,11,13-14H2,1-3H3,(H,21,22)/t15-/m0/s1. The number of nitrogens with zero attached hydrogens (tertiary/aromatic N) is 3. The summed E-state index contributed by atoms with van der Waals surface area (Å²) in [6.45, 7) is 10.7. The van der Waals surface area contributed by atoms with Gasteiger partial charge < -0.3 is 14.3 Å². The quantitative estimate of drug-likeness (QED) is 0.823. The minimum Gasteiger partial charge on any atom is -0.456 e. The van der Waals surface area contributed by atoms with Crippen LogP contribution in [-0.2, 0) is 13.0 Å². The molecule has 1 fully saturated rings. The van der Waals surface area contributed by atoms with Gasteiger partial charge in [0.05, 0.1) is 0 Å². The smallest absolute Gasteiger partial charge is 0.289 e. The number of rotatable bonds is 7. The average molecular weight is 358 g/mol. The number of furan rings is 1. The molecule has 0 bridgehead atoms. The van der Waals surface area contributed by atoms with E-state index < -0.39 is 0 Å². The minimum atomic E-state index is 0.00162. The van der Waals surface area contributed by atoms with E-state index in [1.807, 2.05) is 17.2 Å². The van der Waals surface area contributed by atoms with Gasteiger partial charge in [-0.2, -0.15) is 0 Å². The van der Waals surface area contributed by atoms with E-state index in [1.54, 1.807) is 6.20 Å². The van der Waals surface area contributed by atoms with Crippen LogP contribution in [-0.4, -0.2) is 51.9 Å². The summed E-state index contributed by atoms with van der Waals surface area (Å²) in [5, 5.41) is 0. The van der Waals surface area contributed by atoms with Crippen LogP contribution in [0.3, 0.4) is 0 Å². The highest BCUT2D eigenvalue weighted by Gasteiger charge is 2.29. The Morgan fingerprint density at radius 1 is 1.38 bits per heavy atom. The van der Waals surface area contributed by atoms with Crippen molar-refractivity contribution in [3.63, 3.8) is 0 Å². The number of likely N-dealkylation sites (tertiary alicyclic amines) is 1. The van der Waals surface area contributed by atoms with Crippen LogP contribution in [0.5, 0.6) is 0 Å². The maximum absolute atomic E-state index is 13.0. The first-order chi connectivity index (χ1) is 12.7. The number of hydrogen-bond donors (Lipinski definition) is 1. The zero-order valence-corrected chi connectivity index (χ0v) is 16.1. The molecule has 142 valence electrons. The molecule has 6 nitrogen and oxygen atoms in total. The SMILES string of the molecule is CCc1oc(C(=O)N2CCC[C@H](c3ncc[nH]3)C2)cc1CN(CC)CC. The second-order valence-corrected chi connectivity index (χ2v) is 6.94. The van der Waals surface area contributed by atoms with Crippen LogP contribution in [0, 0.1) is 0 Å². The lowest BCUT2D eigenvalue weighted by molar-refractivity contribution is 0.0671. The minimum absolute atomic E-state index is 0.00162. The molecule has 0 unspecified atom stereocenters. The van der Waals surface area contributed by atoms with E-state index >= 15 is 0 Å². The van der Waals surface area contributed by atoms with Crippen molar-refractivity contribution in [1.82, 2.24) is 19.8 Å². The zero-order chi connectivity index (χ0) is 18.5. The fourth-order valence-corrected chi connectivity index (χ4v) is 3.73. The lowest BCUT2D eigenvalue weighted by Gasteiger charge is -2.31. The first-order valence-electron chi connectivity index (χ1n) is 9.78. The molecule has 3 heterocycles. The molecule has 1 aliphatic heterocycles. The molecule has 3 rings (SSSR count). The largest absolute Gasteiger partial charge is 0.456 e. The van der Waals surface area contributed by atoms with Crippen LogP contribution in [0.2, 0.25) is 0 Å². The summed E-state index contributed by atoms with van der Waals surface area (Å²) in [6.07, 6.45) is 6.47. The Bertz CT molecular complexity index is 703. The number of imidazole rings is 1. The third kappa shape index (κ3) is 4.01. The van der Waals surface area contributed by atoms with Gasteiger partial charge in [-0.1, -0.05) is 20.8 Å². The van der Waals surface area contributed by atoms with Gasteiger partial charge in [0.1, 0.15) is 11.6 Å². The van der Waals surface area contributed by atoms with Crippen LogP contribution < -0.4 is 0 Å². The van der Waals surface area contributed by atoms with Crippen molar-refractivity contribution in [2.45, 2.75) is 52.5 Å². The third-order valence-corrected chi connectivity index (χ3v) is 5.33. The van der Waals surface area contributed by atoms with Crippen molar-refractivity contribution in [3.8, 4) is 0 Å². The van der Waals surface area contributed by atoms with E-state index in [2.05, 4.69) is 35.6 Å². The lowest BCUT2D eigenvalue weighted by Crippen LogP contribution is -2.39. The maximum atomic E-state index is 13.0. The predicted molar refractivity (Wildman–Crippen MR) is 101 cm³/mol. The van der Waals surface area contributed by atoms with Crippen molar-refractivity contribution < 1.29 is 9.21 Å². The molecule has 1 aliphatic rings. The van der Waals surface area contributed by atoms with Crippen LogP contribution in [0.1, 0.15) is 67.2 Å². The number of aromatic amines is 1. The van der Waals surface area contributed by atoms with Gasteiger partial charge >= 0.3 is 0 Å². The van der Waals surface area contributed by atoms with E-state index in [1.165, 1.54) is 0 Å². The second-order valence-electron chi connectivity index (χ2n) is 6.94. The number of carbonyl (C=O) groups excluding carboxylic acids is 1. The number of amides is 1. The summed E-state index contributed by atoms with van der Waals surface area (Å²) in [7, 11) is 0. The predicted octanol–water partition coefficient (Wildman–Crippen LogP) is 3.43. The number of carbonyl (C=O) groups is 1. The highest BCUT2D eigenvalue weighted by Crippen LogP contribution is 2.27. The van der Waals surface area contributed by atoms with E-state index in [0.29, 0.717) is 12.3 Å². The monoisotopic (exact) mass is 358 g/mol. The van der Waals surface area contributed by atoms with Gasteiger partial charge in [0, 0.05) is 49.9 Å². The normalized spacial score (nSPS) is 17.8. The second kappa shape index (κ2) is 8.54. The van der Waals surface area contributed by atoms with Gasteiger partial charge in [-0.3, -0.25) is 9.69 Å². The summed E-state index contributed by atoms with van der Waals surface area (Å²) in [5.41, 5.74) is 1.14. The molecule has 0 radical (unpaired) electrons. The van der Waals surface area contributed by atoms with Gasteiger partial charge in [-0.15, -0.1) is 0 Å². The van der Waals surface area contributed by atoms with Gasteiger partial charge in [0.25, 0.3) is 5.91 Å². The maximum Gasteiger partial charge on any atom is 0.289 e. The Morgan fingerprint density at radius 2 is 2.19 bits per heavy atom. The summed E-state index contributed by atoms with van der Waals surface area (Å²) in [6, 6.07) is 1.95. The molecule has 1 atom stereocenters. The van der Waals surface area contributed by atoms with E-state index in [4.69, 9.17) is 4.42 Å². The highest BCUT2D eigenvalue weighted by atomic mass is 16.4. The lowest BCUT2D eigenvalue weighted by atomic mass is 9.97. The fraction of sp³-hybridized carbons (Fsp3) is 0.600. The molecular weight excluding hydrogens is 328 g/mol. The van der Waals surface area contributed by atoms with Crippen LogP contribution in [0.25, 0.3) is 0 Å².